The summed E-state index contributed by atoms with van der Waals surface area (Å²) in [4.78, 5) is 0. The second-order valence-electron chi connectivity index (χ2n) is 3.70. The van der Waals surface area contributed by atoms with Crippen LogP contribution >= 0.6 is 0 Å². The molecule has 3 heteroatoms. The van der Waals surface area contributed by atoms with Gasteiger partial charge in [0.2, 0.25) is 0 Å². The van der Waals surface area contributed by atoms with Gasteiger partial charge in [0.05, 0.1) is 12.2 Å². The Labute approximate surface area is 62.2 Å². The van der Waals surface area contributed by atoms with Gasteiger partial charge in [-0.1, -0.05) is 0 Å². The number of rotatable bonds is 3. The van der Waals surface area contributed by atoms with Gasteiger partial charge in [-0.3, -0.25) is 0 Å². The van der Waals surface area contributed by atoms with Crippen molar-refractivity contribution in [2.45, 2.75) is 39.0 Å². The summed E-state index contributed by atoms with van der Waals surface area (Å²) in [5, 5.41) is 9.20. The molecule has 0 spiro atoms. The van der Waals surface area contributed by atoms with E-state index in [-0.39, 0.29) is 6.61 Å². The summed E-state index contributed by atoms with van der Waals surface area (Å²) < 4.78 is 5.12. The van der Waals surface area contributed by atoms with Crippen LogP contribution in [0.1, 0.15) is 27.7 Å². The van der Waals surface area contributed by atoms with Gasteiger partial charge < -0.3 is 15.6 Å². The Kier molecular flexibility index (Phi) is 2.83. The van der Waals surface area contributed by atoms with Crippen molar-refractivity contribution in [2.75, 3.05) is 6.61 Å². The fourth-order valence-corrected chi connectivity index (χ4v) is 0.363. The molecule has 0 aliphatic heterocycles. The summed E-state index contributed by atoms with van der Waals surface area (Å²) in [7, 11) is 0. The standard InChI is InChI=1S/C7H17NO2/c1-6(2,9)5-10-7(3,4)8/h9H,5,8H2,1-4H3. The van der Waals surface area contributed by atoms with Crippen LogP contribution < -0.4 is 5.73 Å². The first kappa shape index (κ1) is 9.88. The SMILES string of the molecule is CC(C)(O)COC(C)(C)N. The monoisotopic (exact) mass is 147 g/mol. The van der Waals surface area contributed by atoms with Crippen molar-refractivity contribution < 1.29 is 9.84 Å². The van der Waals surface area contributed by atoms with Crippen LogP contribution in [0, 0.1) is 0 Å². The Morgan fingerprint density at radius 3 is 1.80 bits per heavy atom. The summed E-state index contributed by atoms with van der Waals surface area (Å²) in [6.45, 7) is 7.12. The van der Waals surface area contributed by atoms with Gasteiger partial charge in [0.15, 0.2) is 0 Å². The average molecular weight is 147 g/mol. The molecule has 3 nitrogen and oxygen atoms in total. The molecular formula is C7H17NO2. The second kappa shape index (κ2) is 2.86. The molecule has 0 aliphatic rings. The van der Waals surface area contributed by atoms with E-state index in [0.717, 1.165) is 0 Å². The number of hydrogen-bond acceptors (Lipinski definition) is 3. The van der Waals surface area contributed by atoms with Gasteiger partial charge in [0.25, 0.3) is 0 Å². The van der Waals surface area contributed by atoms with Gasteiger partial charge in [-0.05, 0) is 27.7 Å². The maximum absolute atomic E-state index is 9.20. The lowest BCUT2D eigenvalue weighted by Crippen LogP contribution is -2.40. The normalized spacial score (nSPS) is 13.8. The van der Waals surface area contributed by atoms with Crippen LogP contribution in [0.25, 0.3) is 0 Å². The van der Waals surface area contributed by atoms with Crippen molar-refractivity contribution in [1.82, 2.24) is 0 Å². The van der Waals surface area contributed by atoms with Crippen molar-refractivity contribution in [3.63, 3.8) is 0 Å². The van der Waals surface area contributed by atoms with E-state index in [1.165, 1.54) is 0 Å². The van der Waals surface area contributed by atoms with Crippen LogP contribution in [0.3, 0.4) is 0 Å². The van der Waals surface area contributed by atoms with E-state index < -0.39 is 11.3 Å². The van der Waals surface area contributed by atoms with Crippen LogP contribution in [-0.4, -0.2) is 23.0 Å². The maximum Gasteiger partial charge on any atom is 0.111 e. The number of aliphatic hydroxyl groups is 1. The fourth-order valence-electron chi connectivity index (χ4n) is 0.363. The molecule has 0 unspecified atom stereocenters. The molecule has 0 saturated heterocycles. The highest BCUT2D eigenvalue weighted by Crippen LogP contribution is 2.06. The molecular weight excluding hydrogens is 130 g/mol. The van der Waals surface area contributed by atoms with Crippen LogP contribution in [0.2, 0.25) is 0 Å². The molecule has 0 aromatic heterocycles. The van der Waals surface area contributed by atoms with Crippen molar-refractivity contribution >= 4 is 0 Å². The fraction of sp³-hybridized carbons (Fsp3) is 1.00. The van der Waals surface area contributed by atoms with Gasteiger partial charge in [0, 0.05) is 0 Å². The molecule has 0 heterocycles. The zero-order valence-corrected chi connectivity index (χ0v) is 7.14. The molecule has 62 valence electrons. The van der Waals surface area contributed by atoms with Crippen LogP contribution in [0.4, 0.5) is 0 Å². The van der Waals surface area contributed by atoms with E-state index in [2.05, 4.69) is 0 Å². The Hall–Kier alpha value is -0.120. The lowest BCUT2D eigenvalue weighted by Gasteiger charge is -2.25. The second-order valence-corrected chi connectivity index (χ2v) is 3.70. The number of hydrogen-bond donors (Lipinski definition) is 2. The lowest BCUT2D eigenvalue weighted by molar-refractivity contribution is -0.0881. The van der Waals surface area contributed by atoms with Crippen molar-refractivity contribution in [1.29, 1.82) is 0 Å². The topological polar surface area (TPSA) is 55.5 Å². The molecule has 0 aromatic rings. The van der Waals surface area contributed by atoms with E-state index in [0.29, 0.717) is 0 Å². The van der Waals surface area contributed by atoms with E-state index in [9.17, 15) is 5.11 Å². The molecule has 0 rings (SSSR count). The minimum Gasteiger partial charge on any atom is -0.388 e. The van der Waals surface area contributed by atoms with Crippen molar-refractivity contribution in [2.24, 2.45) is 5.73 Å². The molecule has 0 radical (unpaired) electrons. The molecule has 0 atom stereocenters. The van der Waals surface area contributed by atoms with Gasteiger partial charge >= 0.3 is 0 Å². The molecule has 10 heavy (non-hydrogen) atoms. The lowest BCUT2D eigenvalue weighted by atomic mass is 10.1. The van der Waals surface area contributed by atoms with Crippen LogP contribution in [-0.2, 0) is 4.74 Å². The quantitative estimate of drug-likeness (QED) is 0.570. The van der Waals surface area contributed by atoms with Crippen molar-refractivity contribution in [3.8, 4) is 0 Å². The summed E-state index contributed by atoms with van der Waals surface area (Å²) >= 11 is 0. The average Bonchev–Trinajstić information content (AvgIpc) is 1.57. The van der Waals surface area contributed by atoms with Crippen LogP contribution in [0.5, 0.6) is 0 Å². The molecule has 0 aliphatic carbocycles. The first-order valence-electron chi connectivity index (χ1n) is 3.36. The van der Waals surface area contributed by atoms with Crippen LogP contribution in [0.15, 0.2) is 0 Å². The first-order valence-corrected chi connectivity index (χ1v) is 3.36. The summed E-state index contributed by atoms with van der Waals surface area (Å²) in [6, 6.07) is 0. The van der Waals surface area contributed by atoms with Gasteiger partial charge in [-0.2, -0.15) is 0 Å². The highest BCUT2D eigenvalue weighted by molar-refractivity contribution is 4.66. The summed E-state index contributed by atoms with van der Waals surface area (Å²) in [5.74, 6) is 0. The van der Waals surface area contributed by atoms with E-state index in [1.54, 1.807) is 27.7 Å². The Balaban J connectivity index is 3.56. The molecule has 0 fully saturated rings. The minimum atomic E-state index is -0.795. The molecule has 0 bridgehead atoms. The molecule has 0 amide bonds. The zero-order chi connectivity index (χ0) is 8.41. The smallest absolute Gasteiger partial charge is 0.111 e. The van der Waals surface area contributed by atoms with Gasteiger partial charge in [-0.15, -0.1) is 0 Å². The third-order valence-electron chi connectivity index (χ3n) is 0.797. The highest BCUT2D eigenvalue weighted by atomic mass is 16.5. The highest BCUT2D eigenvalue weighted by Gasteiger charge is 2.18. The molecule has 3 N–H and O–H groups in total. The largest absolute Gasteiger partial charge is 0.388 e. The Morgan fingerprint density at radius 2 is 1.70 bits per heavy atom. The van der Waals surface area contributed by atoms with Crippen molar-refractivity contribution in [3.05, 3.63) is 0 Å². The maximum atomic E-state index is 9.20. The Morgan fingerprint density at radius 1 is 1.30 bits per heavy atom. The Bertz CT molecular complexity index is 85.2. The van der Waals surface area contributed by atoms with E-state index in [4.69, 9.17) is 10.5 Å². The third kappa shape index (κ3) is 7.88. The first-order chi connectivity index (χ1) is 4.21. The zero-order valence-electron chi connectivity index (χ0n) is 7.14. The van der Waals surface area contributed by atoms with E-state index in [1.807, 2.05) is 0 Å². The number of nitrogens with two attached hydrogens (primary N) is 1. The third-order valence-corrected chi connectivity index (χ3v) is 0.797. The predicted octanol–water partition coefficient (Wildman–Crippen LogP) is 0.469. The summed E-state index contributed by atoms with van der Waals surface area (Å²) in [5.41, 5.74) is 4.06. The minimum absolute atomic E-state index is 0.260. The van der Waals surface area contributed by atoms with E-state index >= 15 is 0 Å². The molecule has 0 saturated carbocycles. The predicted molar refractivity (Wildman–Crippen MR) is 40.5 cm³/mol. The van der Waals surface area contributed by atoms with Gasteiger partial charge in [-0.25, -0.2) is 0 Å². The number of ether oxygens (including phenoxy) is 1. The van der Waals surface area contributed by atoms with Gasteiger partial charge in [0.1, 0.15) is 5.72 Å². The summed E-state index contributed by atoms with van der Waals surface area (Å²) in [6.07, 6.45) is 0. The molecule has 0 aromatic carbocycles.